The molecule has 5 nitrogen and oxygen atoms in total. The van der Waals surface area contributed by atoms with Crippen molar-refractivity contribution in [3.63, 3.8) is 0 Å². The number of hydrogen-bond acceptors (Lipinski definition) is 4. The van der Waals surface area contributed by atoms with E-state index in [0.717, 1.165) is 18.7 Å². The summed E-state index contributed by atoms with van der Waals surface area (Å²) in [7, 11) is -3.44. The molecule has 2 fully saturated rings. The summed E-state index contributed by atoms with van der Waals surface area (Å²) in [5, 5.41) is 9.31. The van der Waals surface area contributed by atoms with Gasteiger partial charge in [0, 0.05) is 32.2 Å². The Kier molecular flexibility index (Phi) is 4.05. The number of piperazine rings is 1. The Morgan fingerprint density at radius 1 is 1.19 bits per heavy atom. The first-order valence-electron chi connectivity index (χ1n) is 7.47. The van der Waals surface area contributed by atoms with Gasteiger partial charge in [0.1, 0.15) is 0 Å². The van der Waals surface area contributed by atoms with Gasteiger partial charge < -0.3 is 5.11 Å². The first-order chi connectivity index (χ1) is 10.0. The smallest absolute Gasteiger partial charge is 0.243 e. The molecule has 0 amide bonds. The van der Waals surface area contributed by atoms with Crippen LogP contribution in [0.5, 0.6) is 0 Å². The predicted molar refractivity (Wildman–Crippen MR) is 80.5 cm³/mol. The summed E-state index contributed by atoms with van der Waals surface area (Å²) in [5.41, 5.74) is 1.59. The molecule has 21 heavy (non-hydrogen) atoms. The fourth-order valence-electron chi connectivity index (χ4n) is 2.88. The van der Waals surface area contributed by atoms with Gasteiger partial charge in [-0.25, -0.2) is 8.42 Å². The molecule has 1 saturated carbocycles. The van der Waals surface area contributed by atoms with Gasteiger partial charge in [-0.1, -0.05) is 6.07 Å². The van der Waals surface area contributed by atoms with Crippen molar-refractivity contribution in [2.75, 3.05) is 26.2 Å². The van der Waals surface area contributed by atoms with E-state index in [1.807, 2.05) is 6.92 Å². The topological polar surface area (TPSA) is 60.9 Å². The summed E-state index contributed by atoms with van der Waals surface area (Å²) >= 11 is 0. The Balaban J connectivity index is 1.77. The zero-order chi connectivity index (χ0) is 15.0. The lowest BCUT2D eigenvalue weighted by Gasteiger charge is -2.34. The average Bonchev–Trinajstić information content (AvgIpc) is 3.32. The minimum Gasteiger partial charge on any atom is -0.392 e. The van der Waals surface area contributed by atoms with Crippen molar-refractivity contribution in [2.24, 2.45) is 0 Å². The number of aryl methyl sites for hydroxylation is 1. The van der Waals surface area contributed by atoms with Crippen LogP contribution in [0.25, 0.3) is 0 Å². The molecule has 3 rings (SSSR count). The lowest BCUT2D eigenvalue weighted by atomic mass is 10.1. The van der Waals surface area contributed by atoms with Crippen molar-refractivity contribution >= 4 is 10.0 Å². The molecule has 1 aromatic rings. The zero-order valence-corrected chi connectivity index (χ0v) is 13.1. The number of hydrogen-bond donors (Lipinski definition) is 1. The van der Waals surface area contributed by atoms with Crippen molar-refractivity contribution in [1.82, 2.24) is 9.21 Å². The molecule has 0 atom stereocenters. The maximum absolute atomic E-state index is 12.7. The van der Waals surface area contributed by atoms with E-state index in [1.165, 1.54) is 12.8 Å². The number of benzene rings is 1. The third-order valence-electron chi connectivity index (χ3n) is 4.47. The van der Waals surface area contributed by atoms with Gasteiger partial charge in [0.15, 0.2) is 0 Å². The minimum absolute atomic E-state index is 0.134. The predicted octanol–water partition coefficient (Wildman–Crippen LogP) is 0.956. The van der Waals surface area contributed by atoms with Crippen LogP contribution in [0.15, 0.2) is 23.1 Å². The van der Waals surface area contributed by atoms with E-state index in [4.69, 9.17) is 0 Å². The summed E-state index contributed by atoms with van der Waals surface area (Å²) in [6.07, 6.45) is 2.51. The summed E-state index contributed by atoms with van der Waals surface area (Å²) in [4.78, 5) is 2.68. The molecule has 0 aromatic heterocycles. The third kappa shape index (κ3) is 2.99. The Morgan fingerprint density at radius 2 is 1.86 bits per heavy atom. The van der Waals surface area contributed by atoms with Crippen LogP contribution in [0.2, 0.25) is 0 Å². The van der Waals surface area contributed by atoms with Crippen LogP contribution in [0.1, 0.15) is 24.0 Å². The molecule has 1 N–H and O–H groups in total. The van der Waals surface area contributed by atoms with E-state index < -0.39 is 10.0 Å². The van der Waals surface area contributed by atoms with Crippen LogP contribution < -0.4 is 0 Å². The zero-order valence-electron chi connectivity index (χ0n) is 12.3. The Labute approximate surface area is 126 Å². The summed E-state index contributed by atoms with van der Waals surface area (Å²) in [6, 6.07) is 5.68. The molecule has 1 aliphatic heterocycles. The van der Waals surface area contributed by atoms with Crippen LogP contribution in [0.4, 0.5) is 0 Å². The summed E-state index contributed by atoms with van der Waals surface area (Å²) in [5.74, 6) is 0. The number of aliphatic hydroxyl groups is 1. The lowest BCUT2D eigenvalue weighted by Crippen LogP contribution is -2.49. The Morgan fingerprint density at radius 3 is 2.43 bits per heavy atom. The number of nitrogens with zero attached hydrogens (tertiary/aromatic N) is 2. The van der Waals surface area contributed by atoms with Gasteiger partial charge in [-0.05, 0) is 43.0 Å². The van der Waals surface area contributed by atoms with E-state index in [-0.39, 0.29) is 11.5 Å². The van der Waals surface area contributed by atoms with E-state index in [2.05, 4.69) is 4.90 Å². The molecular weight excluding hydrogens is 288 g/mol. The minimum atomic E-state index is -3.44. The second kappa shape index (κ2) is 5.68. The molecule has 0 radical (unpaired) electrons. The summed E-state index contributed by atoms with van der Waals surface area (Å²) in [6.45, 7) is 4.49. The first-order valence-corrected chi connectivity index (χ1v) is 8.91. The van der Waals surface area contributed by atoms with Gasteiger partial charge >= 0.3 is 0 Å². The van der Waals surface area contributed by atoms with E-state index in [1.54, 1.807) is 22.5 Å². The lowest BCUT2D eigenvalue weighted by molar-refractivity contribution is 0.180. The molecule has 1 aromatic carbocycles. The van der Waals surface area contributed by atoms with Gasteiger partial charge in [0.05, 0.1) is 11.5 Å². The number of aliphatic hydroxyl groups excluding tert-OH is 1. The largest absolute Gasteiger partial charge is 0.392 e. The van der Waals surface area contributed by atoms with Gasteiger partial charge in [-0.2, -0.15) is 4.31 Å². The first kappa shape index (κ1) is 15.0. The van der Waals surface area contributed by atoms with Gasteiger partial charge in [-0.15, -0.1) is 0 Å². The van der Waals surface area contributed by atoms with Crippen LogP contribution in [-0.2, 0) is 16.6 Å². The highest BCUT2D eigenvalue weighted by atomic mass is 32.2. The highest BCUT2D eigenvalue weighted by molar-refractivity contribution is 7.89. The SMILES string of the molecule is Cc1ccc(S(=O)(=O)N2CCN(C3CC3)CC2)cc1CO. The fourth-order valence-corrected chi connectivity index (χ4v) is 4.35. The van der Waals surface area contributed by atoms with Crippen LogP contribution in [0.3, 0.4) is 0 Å². The third-order valence-corrected chi connectivity index (χ3v) is 6.36. The van der Waals surface area contributed by atoms with Crippen molar-refractivity contribution in [1.29, 1.82) is 0 Å². The highest BCUT2D eigenvalue weighted by Gasteiger charge is 2.34. The molecular formula is C15H22N2O3S. The average molecular weight is 310 g/mol. The maximum Gasteiger partial charge on any atom is 0.243 e. The Hall–Kier alpha value is -0.950. The number of sulfonamides is 1. The fraction of sp³-hybridized carbons (Fsp3) is 0.600. The van der Waals surface area contributed by atoms with Crippen LogP contribution >= 0.6 is 0 Å². The molecule has 0 unspecified atom stereocenters. The van der Waals surface area contributed by atoms with Crippen molar-refractivity contribution in [2.45, 2.75) is 37.3 Å². The molecule has 2 aliphatic rings. The highest BCUT2D eigenvalue weighted by Crippen LogP contribution is 2.28. The molecule has 6 heteroatoms. The second-order valence-electron chi connectivity index (χ2n) is 5.92. The molecule has 0 spiro atoms. The van der Waals surface area contributed by atoms with Gasteiger partial charge in [-0.3, -0.25) is 4.90 Å². The van der Waals surface area contributed by atoms with Crippen LogP contribution in [-0.4, -0.2) is 55.0 Å². The van der Waals surface area contributed by atoms with Crippen molar-refractivity contribution in [3.8, 4) is 0 Å². The second-order valence-corrected chi connectivity index (χ2v) is 7.86. The van der Waals surface area contributed by atoms with Gasteiger partial charge in [0.25, 0.3) is 0 Å². The van der Waals surface area contributed by atoms with Gasteiger partial charge in [0.2, 0.25) is 10.0 Å². The molecule has 116 valence electrons. The van der Waals surface area contributed by atoms with E-state index in [0.29, 0.717) is 24.7 Å². The standard InChI is InChI=1S/C15H22N2O3S/c1-12-2-5-15(10-13(12)11-18)21(19,20)17-8-6-16(7-9-17)14-3-4-14/h2,5,10,14,18H,3-4,6-9,11H2,1H3. The van der Waals surface area contributed by atoms with E-state index in [9.17, 15) is 13.5 Å². The van der Waals surface area contributed by atoms with Crippen molar-refractivity contribution < 1.29 is 13.5 Å². The quantitative estimate of drug-likeness (QED) is 0.900. The van der Waals surface area contributed by atoms with Crippen LogP contribution in [0, 0.1) is 6.92 Å². The summed E-state index contributed by atoms with van der Waals surface area (Å²) < 4.78 is 26.9. The maximum atomic E-state index is 12.7. The Bertz CT molecular complexity index is 618. The monoisotopic (exact) mass is 310 g/mol. The molecule has 0 bridgehead atoms. The van der Waals surface area contributed by atoms with E-state index >= 15 is 0 Å². The number of rotatable bonds is 4. The van der Waals surface area contributed by atoms with Crippen molar-refractivity contribution in [3.05, 3.63) is 29.3 Å². The normalized spacial score (nSPS) is 21.6. The molecule has 1 heterocycles. The molecule has 1 saturated heterocycles. The molecule has 1 aliphatic carbocycles.